The van der Waals surface area contributed by atoms with Gasteiger partial charge in [-0.3, -0.25) is 9.59 Å². The highest BCUT2D eigenvalue weighted by atomic mass is 16.7. The van der Waals surface area contributed by atoms with E-state index in [0.29, 0.717) is 13.0 Å². The first kappa shape index (κ1) is 15.7. The molecule has 0 aromatic carbocycles. The molecule has 1 fully saturated rings. The number of hydrogen-bond acceptors (Lipinski definition) is 6. The molecule has 6 nitrogen and oxygen atoms in total. The minimum absolute atomic E-state index is 0.0667. The maximum atomic E-state index is 11.9. The molecule has 2 bridgehead atoms. The van der Waals surface area contributed by atoms with Crippen molar-refractivity contribution >= 4 is 17.7 Å². The number of carbonyl (C=O) groups excluding carboxylic acids is 3. The zero-order chi connectivity index (χ0) is 15.6. The highest BCUT2D eigenvalue weighted by Crippen LogP contribution is 2.41. The quantitative estimate of drug-likeness (QED) is 0.417. The Morgan fingerprint density at radius 1 is 1.33 bits per heavy atom. The Bertz CT molecular complexity index is 479. The zero-order valence-electron chi connectivity index (χ0n) is 12.5. The highest BCUT2D eigenvalue weighted by molar-refractivity contribution is 5.97. The van der Waals surface area contributed by atoms with Crippen molar-refractivity contribution in [1.29, 1.82) is 0 Å². The number of Topliss-reactive ketones (excluding diaryl/α,β-unsaturated/α-hetero) is 1. The Hall–Kier alpha value is -1.69. The predicted molar refractivity (Wildman–Crippen MR) is 72.0 cm³/mol. The van der Waals surface area contributed by atoms with Gasteiger partial charge in [0.05, 0.1) is 5.92 Å². The van der Waals surface area contributed by atoms with Crippen molar-refractivity contribution in [3.8, 4) is 0 Å². The van der Waals surface area contributed by atoms with Crippen molar-refractivity contribution in [3.63, 3.8) is 0 Å². The summed E-state index contributed by atoms with van der Waals surface area (Å²) in [7, 11) is 0. The number of hydrogen-bond donors (Lipinski definition) is 0. The molecular weight excluding hydrogens is 276 g/mol. The van der Waals surface area contributed by atoms with E-state index in [9.17, 15) is 14.4 Å². The lowest BCUT2D eigenvalue weighted by Crippen LogP contribution is -2.34. The van der Waals surface area contributed by atoms with Crippen molar-refractivity contribution in [3.05, 3.63) is 12.2 Å². The molecule has 2 aliphatic carbocycles. The van der Waals surface area contributed by atoms with Gasteiger partial charge in [-0.2, -0.15) is 0 Å². The standard InChI is InChI=1S/C15H20O6/c1-4-20-15(2,3)21-12(16)8-19-14(18)11-7-9-5-6-10(11)13(9)17/h5-6,9-11H,4,7-8H2,1-3H3. The van der Waals surface area contributed by atoms with Gasteiger partial charge in [-0.1, -0.05) is 12.2 Å². The molecule has 0 amide bonds. The summed E-state index contributed by atoms with van der Waals surface area (Å²) in [6.45, 7) is 4.93. The molecule has 116 valence electrons. The monoisotopic (exact) mass is 296 g/mol. The first-order chi connectivity index (χ1) is 9.84. The molecule has 0 heterocycles. The van der Waals surface area contributed by atoms with E-state index in [1.54, 1.807) is 26.8 Å². The molecule has 2 aliphatic rings. The second kappa shape index (κ2) is 5.97. The molecular formula is C15H20O6. The normalized spacial score (nSPS) is 27.0. The molecule has 2 rings (SSSR count). The first-order valence-corrected chi connectivity index (χ1v) is 7.08. The SMILES string of the molecule is CCOC(C)(C)OC(=O)COC(=O)C1CC2C=CC1C2=O. The summed E-state index contributed by atoms with van der Waals surface area (Å²) in [4.78, 5) is 35.2. The maximum absolute atomic E-state index is 11.9. The van der Waals surface area contributed by atoms with Crippen LogP contribution in [0.1, 0.15) is 27.2 Å². The molecule has 21 heavy (non-hydrogen) atoms. The Morgan fingerprint density at radius 3 is 2.57 bits per heavy atom. The van der Waals surface area contributed by atoms with Crippen LogP contribution in [0.4, 0.5) is 0 Å². The van der Waals surface area contributed by atoms with E-state index in [1.165, 1.54) is 0 Å². The summed E-state index contributed by atoms with van der Waals surface area (Å²) in [5, 5.41) is 0. The van der Waals surface area contributed by atoms with Crippen LogP contribution in [0.3, 0.4) is 0 Å². The number of esters is 2. The van der Waals surface area contributed by atoms with Crippen molar-refractivity contribution < 1.29 is 28.6 Å². The van der Waals surface area contributed by atoms with Crippen molar-refractivity contribution in [2.75, 3.05) is 13.2 Å². The third-order valence-electron chi connectivity index (χ3n) is 3.67. The van der Waals surface area contributed by atoms with Crippen molar-refractivity contribution in [2.45, 2.75) is 33.0 Å². The largest absolute Gasteiger partial charge is 0.453 e. The molecule has 1 saturated carbocycles. The predicted octanol–water partition coefficient (Wildman–Crippen LogP) is 1.24. The topological polar surface area (TPSA) is 78.9 Å². The van der Waals surface area contributed by atoms with Crippen LogP contribution in [0, 0.1) is 17.8 Å². The summed E-state index contributed by atoms with van der Waals surface area (Å²) < 4.78 is 15.2. The smallest absolute Gasteiger partial charge is 0.346 e. The summed E-state index contributed by atoms with van der Waals surface area (Å²) in [6, 6.07) is 0. The number of carbonyl (C=O) groups is 3. The Kier molecular flexibility index (Phi) is 4.46. The van der Waals surface area contributed by atoms with Gasteiger partial charge in [0.2, 0.25) is 5.79 Å². The lowest BCUT2D eigenvalue weighted by molar-refractivity contribution is -0.218. The minimum Gasteiger partial charge on any atom is -0.453 e. The van der Waals surface area contributed by atoms with E-state index in [2.05, 4.69) is 0 Å². The van der Waals surface area contributed by atoms with Gasteiger partial charge in [-0.15, -0.1) is 0 Å². The molecule has 3 unspecified atom stereocenters. The molecule has 0 aromatic rings. The summed E-state index contributed by atoms with van der Waals surface area (Å²) in [6.07, 6.45) is 4.05. The first-order valence-electron chi connectivity index (χ1n) is 7.08. The van der Waals surface area contributed by atoms with E-state index in [-0.39, 0.29) is 11.7 Å². The minimum atomic E-state index is -1.05. The number of rotatable bonds is 6. The van der Waals surface area contributed by atoms with Crippen LogP contribution < -0.4 is 0 Å². The summed E-state index contributed by atoms with van der Waals surface area (Å²) in [5.41, 5.74) is 0. The average Bonchev–Trinajstić information content (AvgIpc) is 2.91. The number of ketones is 1. The van der Waals surface area contributed by atoms with E-state index in [0.717, 1.165) is 0 Å². The summed E-state index contributed by atoms with van der Waals surface area (Å²) >= 11 is 0. The van der Waals surface area contributed by atoms with Crippen LogP contribution in [-0.2, 0) is 28.6 Å². The van der Waals surface area contributed by atoms with Gasteiger partial charge >= 0.3 is 11.9 Å². The third kappa shape index (κ3) is 3.50. The van der Waals surface area contributed by atoms with E-state index >= 15 is 0 Å². The van der Waals surface area contributed by atoms with Gasteiger partial charge < -0.3 is 14.2 Å². The number of fused-ring (bicyclic) bond motifs is 2. The summed E-state index contributed by atoms with van der Waals surface area (Å²) in [5.74, 6) is -3.21. The lowest BCUT2D eigenvalue weighted by Gasteiger charge is -2.24. The van der Waals surface area contributed by atoms with Crippen LogP contribution in [0.2, 0.25) is 0 Å². The highest BCUT2D eigenvalue weighted by Gasteiger charge is 2.47. The van der Waals surface area contributed by atoms with Gasteiger partial charge in [-0.25, -0.2) is 4.79 Å². The molecule has 0 saturated heterocycles. The number of allylic oxidation sites excluding steroid dienone is 2. The zero-order valence-corrected chi connectivity index (χ0v) is 12.5. The third-order valence-corrected chi connectivity index (χ3v) is 3.67. The van der Waals surface area contributed by atoms with Crippen LogP contribution in [0.15, 0.2) is 12.2 Å². The van der Waals surface area contributed by atoms with Crippen LogP contribution in [-0.4, -0.2) is 36.7 Å². The van der Waals surface area contributed by atoms with Crippen molar-refractivity contribution in [1.82, 2.24) is 0 Å². The van der Waals surface area contributed by atoms with E-state index in [4.69, 9.17) is 14.2 Å². The average molecular weight is 296 g/mol. The lowest BCUT2D eigenvalue weighted by atomic mass is 9.94. The van der Waals surface area contributed by atoms with Gasteiger partial charge in [0.25, 0.3) is 0 Å². The molecule has 0 aliphatic heterocycles. The molecule has 0 spiro atoms. The van der Waals surface area contributed by atoms with Crippen LogP contribution in [0.25, 0.3) is 0 Å². The second-order valence-corrected chi connectivity index (χ2v) is 5.68. The fourth-order valence-corrected chi connectivity index (χ4v) is 2.80. The molecule has 0 radical (unpaired) electrons. The Labute approximate surface area is 123 Å². The van der Waals surface area contributed by atoms with E-state index in [1.807, 2.05) is 6.08 Å². The fraction of sp³-hybridized carbons (Fsp3) is 0.667. The molecule has 0 N–H and O–H groups in total. The van der Waals surface area contributed by atoms with Gasteiger partial charge in [-0.05, 0) is 13.3 Å². The number of ether oxygens (including phenoxy) is 3. The second-order valence-electron chi connectivity index (χ2n) is 5.68. The Morgan fingerprint density at radius 2 is 2.05 bits per heavy atom. The fourth-order valence-electron chi connectivity index (χ4n) is 2.80. The molecule has 0 aromatic heterocycles. The maximum Gasteiger partial charge on any atom is 0.346 e. The van der Waals surface area contributed by atoms with Crippen LogP contribution in [0.5, 0.6) is 0 Å². The molecule has 6 heteroatoms. The van der Waals surface area contributed by atoms with Gasteiger partial charge in [0.1, 0.15) is 5.78 Å². The molecule has 3 atom stereocenters. The van der Waals surface area contributed by atoms with Gasteiger partial charge in [0.15, 0.2) is 6.61 Å². The van der Waals surface area contributed by atoms with E-state index < -0.39 is 36.2 Å². The Balaban J connectivity index is 1.78. The van der Waals surface area contributed by atoms with Gasteiger partial charge in [0, 0.05) is 32.3 Å². The van der Waals surface area contributed by atoms with Crippen LogP contribution >= 0.6 is 0 Å². The van der Waals surface area contributed by atoms with Crippen molar-refractivity contribution in [2.24, 2.45) is 17.8 Å².